The second-order valence-electron chi connectivity index (χ2n) is 6.97. The summed E-state index contributed by atoms with van der Waals surface area (Å²) >= 11 is 3.51. The Morgan fingerprint density at radius 1 is 0.821 bits per heavy atom. The lowest BCUT2D eigenvalue weighted by Gasteiger charge is -2.34. The number of aromatic nitrogens is 2. The maximum Gasteiger partial charge on any atom is 0.247 e. The fourth-order valence-corrected chi connectivity index (χ4v) is 4.09. The molecule has 0 spiro atoms. The first-order valence-corrected chi connectivity index (χ1v) is 10.1. The summed E-state index contributed by atoms with van der Waals surface area (Å²) in [6, 6.07) is 14.0. The van der Waals surface area contributed by atoms with E-state index in [1.807, 2.05) is 30.3 Å². The molecule has 0 unspecified atom stereocenters. The van der Waals surface area contributed by atoms with Gasteiger partial charge in [-0.15, -0.1) is 10.2 Å². The molecule has 2 aliphatic heterocycles. The summed E-state index contributed by atoms with van der Waals surface area (Å²) in [5.41, 5.74) is 1.65. The fourth-order valence-electron chi connectivity index (χ4n) is 3.82. The van der Waals surface area contributed by atoms with E-state index in [4.69, 9.17) is 18.6 Å². The molecule has 1 saturated heterocycles. The number of halogens is 1. The molecule has 144 valence electrons. The minimum Gasteiger partial charge on any atom is -0.486 e. The number of fused-ring (bicyclic) bond motifs is 1. The van der Waals surface area contributed by atoms with Gasteiger partial charge in [0.25, 0.3) is 0 Å². The Balaban J connectivity index is 1.53. The molecule has 2 aromatic carbocycles. The van der Waals surface area contributed by atoms with Gasteiger partial charge in [-0.25, -0.2) is 0 Å². The van der Waals surface area contributed by atoms with Crippen LogP contribution in [0, 0.1) is 0 Å². The maximum atomic E-state index is 6.20. The van der Waals surface area contributed by atoms with Crippen molar-refractivity contribution in [3.63, 3.8) is 0 Å². The SMILES string of the molecule is Brc1ccc(C2(c3nnc(-c4ccc5c(c4)OCCO5)o3)CCOCC2)cc1. The molecule has 6 nitrogen and oxygen atoms in total. The van der Waals surface area contributed by atoms with Crippen molar-refractivity contribution < 1.29 is 18.6 Å². The van der Waals surface area contributed by atoms with Crippen LogP contribution >= 0.6 is 15.9 Å². The highest BCUT2D eigenvalue weighted by atomic mass is 79.9. The van der Waals surface area contributed by atoms with Crippen LogP contribution in [-0.4, -0.2) is 36.6 Å². The normalized spacial score (nSPS) is 18.0. The zero-order valence-electron chi connectivity index (χ0n) is 15.2. The van der Waals surface area contributed by atoms with Gasteiger partial charge in [0.15, 0.2) is 11.5 Å². The molecule has 0 bridgehead atoms. The van der Waals surface area contributed by atoms with Crippen LogP contribution in [0.1, 0.15) is 24.3 Å². The van der Waals surface area contributed by atoms with Crippen molar-refractivity contribution in [1.29, 1.82) is 0 Å². The average molecular weight is 443 g/mol. The third kappa shape index (κ3) is 3.08. The molecule has 2 aliphatic rings. The summed E-state index contributed by atoms with van der Waals surface area (Å²) < 4.78 is 24.1. The van der Waals surface area contributed by atoms with Gasteiger partial charge < -0.3 is 18.6 Å². The van der Waals surface area contributed by atoms with E-state index in [2.05, 4.69) is 38.3 Å². The number of ether oxygens (including phenoxy) is 3. The molecule has 1 fully saturated rings. The largest absolute Gasteiger partial charge is 0.486 e. The molecule has 7 heteroatoms. The van der Waals surface area contributed by atoms with Crippen molar-refractivity contribution in [3.05, 3.63) is 58.4 Å². The van der Waals surface area contributed by atoms with Crippen LogP contribution < -0.4 is 9.47 Å². The molecule has 28 heavy (non-hydrogen) atoms. The molecule has 0 amide bonds. The molecule has 0 saturated carbocycles. The van der Waals surface area contributed by atoms with E-state index in [0.29, 0.717) is 44.0 Å². The molecule has 0 N–H and O–H groups in total. The Bertz CT molecular complexity index is 980. The Hall–Kier alpha value is -2.38. The molecule has 3 heterocycles. The van der Waals surface area contributed by atoms with Gasteiger partial charge in [-0.3, -0.25) is 0 Å². The first-order chi connectivity index (χ1) is 13.7. The van der Waals surface area contributed by atoms with E-state index < -0.39 is 0 Å². The quantitative estimate of drug-likeness (QED) is 0.599. The molecule has 0 aliphatic carbocycles. The van der Waals surface area contributed by atoms with Crippen LogP contribution in [0.25, 0.3) is 11.5 Å². The van der Waals surface area contributed by atoms with Crippen LogP contribution in [0.3, 0.4) is 0 Å². The van der Waals surface area contributed by atoms with Crippen LogP contribution in [0.15, 0.2) is 51.4 Å². The lowest BCUT2D eigenvalue weighted by atomic mass is 9.74. The van der Waals surface area contributed by atoms with E-state index in [-0.39, 0.29) is 5.41 Å². The van der Waals surface area contributed by atoms with Gasteiger partial charge >= 0.3 is 0 Å². The zero-order valence-corrected chi connectivity index (χ0v) is 16.8. The van der Waals surface area contributed by atoms with Crippen LogP contribution in [0.5, 0.6) is 11.5 Å². The van der Waals surface area contributed by atoms with Crippen LogP contribution in [0.4, 0.5) is 0 Å². The van der Waals surface area contributed by atoms with Crippen molar-refractivity contribution in [2.24, 2.45) is 0 Å². The Labute approximate surface area is 170 Å². The van der Waals surface area contributed by atoms with Gasteiger partial charge in [0.05, 0.1) is 5.41 Å². The third-order valence-corrected chi connectivity index (χ3v) is 5.90. The van der Waals surface area contributed by atoms with Gasteiger partial charge in [-0.05, 0) is 48.7 Å². The molecular weight excluding hydrogens is 424 g/mol. The van der Waals surface area contributed by atoms with Gasteiger partial charge in [-0.2, -0.15) is 0 Å². The van der Waals surface area contributed by atoms with Crippen LogP contribution in [-0.2, 0) is 10.2 Å². The highest BCUT2D eigenvalue weighted by Crippen LogP contribution is 2.42. The molecule has 5 rings (SSSR count). The topological polar surface area (TPSA) is 66.6 Å². The summed E-state index contributed by atoms with van der Waals surface area (Å²) in [6.45, 7) is 2.43. The first-order valence-electron chi connectivity index (χ1n) is 9.32. The fraction of sp³-hybridized carbons (Fsp3) is 0.333. The van der Waals surface area contributed by atoms with Crippen LogP contribution in [0.2, 0.25) is 0 Å². The third-order valence-electron chi connectivity index (χ3n) is 5.37. The summed E-state index contributed by atoms with van der Waals surface area (Å²) in [7, 11) is 0. The Kier molecular flexibility index (Phi) is 4.56. The summed E-state index contributed by atoms with van der Waals surface area (Å²) in [6.07, 6.45) is 1.61. The molecule has 3 aromatic rings. The van der Waals surface area contributed by atoms with Crippen molar-refractivity contribution >= 4 is 15.9 Å². The highest BCUT2D eigenvalue weighted by molar-refractivity contribution is 9.10. The maximum absolute atomic E-state index is 6.20. The van der Waals surface area contributed by atoms with Crippen molar-refractivity contribution in [2.45, 2.75) is 18.3 Å². The van der Waals surface area contributed by atoms with Gasteiger partial charge in [0, 0.05) is 23.2 Å². The molecule has 0 radical (unpaired) electrons. The van der Waals surface area contributed by atoms with Gasteiger partial charge in [-0.1, -0.05) is 28.1 Å². The van der Waals surface area contributed by atoms with E-state index in [9.17, 15) is 0 Å². The smallest absolute Gasteiger partial charge is 0.247 e. The lowest BCUT2D eigenvalue weighted by Crippen LogP contribution is -2.35. The highest BCUT2D eigenvalue weighted by Gasteiger charge is 2.41. The average Bonchev–Trinajstić information content (AvgIpc) is 3.25. The Morgan fingerprint density at radius 2 is 1.57 bits per heavy atom. The minimum atomic E-state index is -0.335. The summed E-state index contributed by atoms with van der Waals surface area (Å²) in [5.74, 6) is 2.56. The standard InChI is InChI=1S/C21H19BrN2O4/c22-16-4-2-15(3-5-16)21(7-9-25-10-8-21)20-24-23-19(28-20)14-1-6-17-18(13-14)27-12-11-26-17/h1-6,13H,7-12H2. The summed E-state index contributed by atoms with van der Waals surface area (Å²) in [5, 5.41) is 8.78. The zero-order chi connectivity index (χ0) is 19.0. The molecule has 1 aromatic heterocycles. The van der Waals surface area contributed by atoms with Crippen molar-refractivity contribution in [1.82, 2.24) is 10.2 Å². The summed E-state index contributed by atoms with van der Waals surface area (Å²) in [4.78, 5) is 0. The Morgan fingerprint density at radius 3 is 2.36 bits per heavy atom. The monoisotopic (exact) mass is 442 g/mol. The number of benzene rings is 2. The lowest BCUT2D eigenvalue weighted by molar-refractivity contribution is 0.0546. The number of hydrogen-bond donors (Lipinski definition) is 0. The van der Waals surface area contributed by atoms with E-state index >= 15 is 0 Å². The molecule has 0 atom stereocenters. The number of hydrogen-bond acceptors (Lipinski definition) is 6. The van der Waals surface area contributed by atoms with E-state index in [1.54, 1.807) is 0 Å². The predicted molar refractivity (Wildman–Crippen MR) is 106 cm³/mol. The van der Waals surface area contributed by atoms with Crippen molar-refractivity contribution in [2.75, 3.05) is 26.4 Å². The van der Waals surface area contributed by atoms with E-state index in [1.165, 1.54) is 0 Å². The minimum absolute atomic E-state index is 0.335. The van der Waals surface area contributed by atoms with Crippen molar-refractivity contribution in [3.8, 4) is 23.0 Å². The predicted octanol–water partition coefficient (Wildman–Crippen LogP) is 4.37. The second-order valence-corrected chi connectivity index (χ2v) is 7.89. The van der Waals surface area contributed by atoms with Gasteiger partial charge in [0.1, 0.15) is 13.2 Å². The molecular formula is C21H19BrN2O4. The van der Waals surface area contributed by atoms with E-state index in [0.717, 1.165) is 34.2 Å². The van der Waals surface area contributed by atoms with Gasteiger partial charge in [0.2, 0.25) is 11.8 Å². The first kappa shape index (κ1) is 17.7. The second kappa shape index (κ2) is 7.22. The number of nitrogens with zero attached hydrogens (tertiary/aromatic N) is 2. The number of rotatable bonds is 3.